The maximum absolute atomic E-state index is 10.0. The maximum atomic E-state index is 10.0. The van der Waals surface area contributed by atoms with Gasteiger partial charge in [-0.05, 0) is 0 Å². The Morgan fingerprint density at radius 2 is 2.05 bits per heavy atom. The number of aliphatic hydroxyl groups is 2. The van der Waals surface area contributed by atoms with E-state index < -0.39 is 24.5 Å². The van der Waals surface area contributed by atoms with Crippen molar-refractivity contribution in [2.24, 2.45) is 5.73 Å². The van der Waals surface area contributed by atoms with E-state index in [1.165, 1.54) is 17.2 Å². The van der Waals surface area contributed by atoms with Crippen LogP contribution in [0.25, 0.3) is 11.2 Å². The van der Waals surface area contributed by atoms with E-state index in [2.05, 4.69) is 15.0 Å². The first-order valence-electron chi connectivity index (χ1n) is 5.78. The van der Waals surface area contributed by atoms with Gasteiger partial charge in [0, 0.05) is 6.54 Å². The number of aliphatic hydroxyl groups excluding tert-OH is 2. The van der Waals surface area contributed by atoms with Gasteiger partial charge in [-0.15, -0.1) is 0 Å². The molecule has 1 fully saturated rings. The first-order valence-corrected chi connectivity index (χ1v) is 5.78. The molecule has 1 aliphatic heterocycles. The lowest BCUT2D eigenvalue weighted by atomic mass is 10.1. The van der Waals surface area contributed by atoms with E-state index >= 15 is 0 Å². The Bertz CT molecular complexity index is 602. The van der Waals surface area contributed by atoms with E-state index in [1.807, 2.05) is 0 Å². The molecule has 1 aliphatic rings. The van der Waals surface area contributed by atoms with Crippen LogP contribution in [0.3, 0.4) is 0 Å². The average Bonchev–Trinajstić information content (AvgIpc) is 2.94. The van der Waals surface area contributed by atoms with Crippen molar-refractivity contribution in [2.75, 3.05) is 12.3 Å². The Morgan fingerprint density at radius 1 is 1.26 bits per heavy atom. The van der Waals surface area contributed by atoms with Gasteiger partial charge in [0.25, 0.3) is 0 Å². The highest BCUT2D eigenvalue weighted by molar-refractivity contribution is 5.81. The summed E-state index contributed by atoms with van der Waals surface area (Å²) in [5, 5.41) is 19.8. The molecule has 2 aromatic rings. The van der Waals surface area contributed by atoms with Crippen molar-refractivity contribution >= 4 is 17.0 Å². The number of nitrogens with two attached hydrogens (primary N) is 2. The fourth-order valence-electron chi connectivity index (χ4n) is 2.21. The summed E-state index contributed by atoms with van der Waals surface area (Å²) in [7, 11) is 0. The van der Waals surface area contributed by atoms with Crippen LogP contribution in [0.15, 0.2) is 12.7 Å². The number of hydrogen-bond acceptors (Lipinski definition) is 8. The second kappa shape index (κ2) is 4.38. The van der Waals surface area contributed by atoms with Gasteiger partial charge in [-0.25, -0.2) is 15.0 Å². The van der Waals surface area contributed by atoms with E-state index in [9.17, 15) is 10.2 Å². The summed E-state index contributed by atoms with van der Waals surface area (Å²) in [4.78, 5) is 12.0. The molecule has 0 saturated carbocycles. The average molecular weight is 266 g/mol. The minimum Gasteiger partial charge on any atom is -0.387 e. The largest absolute Gasteiger partial charge is 0.387 e. The van der Waals surface area contributed by atoms with E-state index in [4.69, 9.17) is 16.2 Å². The van der Waals surface area contributed by atoms with Crippen LogP contribution in [-0.2, 0) is 4.74 Å². The molecule has 0 aromatic carbocycles. The molecule has 102 valence electrons. The van der Waals surface area contributed by atoms with Crippen molar-refractivity contribution in [1.82, 2.24) is 19.5 Å². The lowest BCUT2D eigenvalue weighted by Crippen LogP contribution is -2.35. The number of anilines is 1. The van der Waals surface area contributed by atoms with Crippen LogP contribution in [0.4, 0.5) is 5.82 Å². The predicted molar refractivity (Wildman–Crippen MR) is 64.7 cm³/mol. The molecule has 0 radical (unpaired) electrons. The highest BCUT2D eigenvalue weighted by Crippen LogP contribution is 2.31. The summed E-state index contributed by atoms with van der Waals surface area (Å²) in [5.41, 5.74) is 12.0. The van der Waals surface area contributed by atoms with Crippen LogP contribution in [0.5, 0.6) is 0 Å². The van der Waals surface area contributed by atoms with Gasteiger partial charge in [-0.1, -0.05) is 0 Å². The summed E-state index contributed by atoms with van der Waals surface area (Å²) in [5.74, 6) is 0.243. The Kier molecular flexibility index (Phi) is 2.82. The van der Waals surface area contributed by atoms with Crippen molar-refractivity contribution in [3.8, 4) is 0 Å². The quantitative estimate of drug-likeness (QED) is 0.487. The van der Waals surface area contributed by atoms with Crippen LogP contribution in [-0.4, -0.2) is 54.6 Å². The van der Waals surface area contributed by atoms with Gasteiger partial charge < -0.3 is 26.4 Å². The van der Waals surface area contributed by atoms with Crippen LogP contribution < -0.4 is 11.5 Å². The van der Waals surface area contributed by atoms with Crippen LogP contribution >= 0.6 is 0 Å². The van der Waals surface area contributed by atoms with Gasteiger partial charge in [-0.3, -0.25) is 4.57 Å². The molecule has 0 spiro atoms. The smallest absolute Gasteiger partial charge is 0.167 e. The topological polar surface area (TPSA) is 145 Å². The van der Waals surface area contributed by atoms with Crippen LogP contribution in [0, 0.1) is 0 Å². The monoisotopic (exact) mass is 266 g/mol. The SMILES string of the molecule is NC[C@@H]1O[C@@H](n2cnc3c(N)ncnc32)[C@@H](O)[C@@H]1O. The maximum Gasteiger partial charge on any atom is 0.167 e. The van der Waals surface area contributed by atoms with Gasteiger partial charge in [0.2, 0.25) is 0 Å². The fraction of sp³-hybridized carbons (Fsp3) is 0.500. The Morgan fingerprint density at radius 3 is 2.74 bits per heavy atom. The van der Waals surface area contributed by atoms with Gasteiger partial charge in [0.05, 0.1) is 6.33 Å². The van der Waals surface area contributed by atoms with Crippen LogP contribution in [0.2, 0.25) is 0 Å². The van der Waals surface area contributed by atoms with E-state index in [0.717, 1.165) is 0 Å². The zero-order chi connectivity index (χ0) is 13.6. The van der Waals surface area contributed by atoms with Crippen molar-refractivity contribution in [1.29, 1.82) is 0 Å². The number of hydrogen-bond donors (Lipinski definition) is 4. The van der Waals surface area contributed by atoms with E-state index in [-0.39, 0.29) is 12.4 Å². The third-order valence-corrected chi connectivity index (χ3v) is 3.23. The summed E-state index contributed by atoms with van der Waals surface area (Å²) < 4.78 is 7.04. The van der Waals surface area contributed by atoms with Crippen molar-refractivity contribution < 1.29 is 14.9 Å². The van der Waals surface area contributed by atoms with Gasteiger partial charge in [0.1, 0.15) is 30.2 Å². The molecule has 0 bridgehead atoms. The highest BCUT2D eigenvalue weighted by atomic mass is 16.6. The second-order valence-electron chi connectivity index (χ2n) is 4.36. The molecular weight excluding hydrogens is 252 g/mol. The standard InChI is InChI=1S/C10H14N6O3/c11-1-4-6(17)7(18)10(19-4)16-3-15-5-8(12)13-2-14-9(5)16/h2-4,6-7,10,17-18H,1,11H2,(H2,12,13,14)/t4-,6+,7-,10+/m0/s1. The Hall–Kier alpha value is -1.81. The molecular formula is C10H14N6O3. The second-order valence-corrected chi connectivity index (χ2v) is 4.36. The Balaban J connectivity index is 2.04. The number of ether oxygens (including phenoxy) is 1. The molecule has 0 unspecified atom stereocenters. The lowest BCUT2D eigenvalue weighted by molar-refractivity contribution is -0.0322. The number of nitrogen functional groups attached to an aromatic ring is 1. The molecule has 4 atom stereocenters. The highest BCUT2D eigenvalue weighted by Gasteiger charge is 2.43. The normalized spacial score (nSPS) is 31.1. The van der Waals surface area contributed by atoms with E-state index in [0.29, 0.717) is 11.2 Å². The number of aromatic nitrogens is 4. The summed E-state index contributed by atoms with van der Waals surface area (Å²) in [6, 6.07) is 0. The molecule has 19 heavy (non-hydrogen) atoms. The third kappa shape index (κ3) is 1.75. The summed E-state index contributed by atoms with van der Waals surface area (Å²) in [6.07, 6.45) is -0.850. The molecule has 1 saturated heterocycles. The van der Waals surface area contributed by atoms with Crippen molar-refractivity contribution in [2.45, 2.75) is 24.5 Å². The third-order valence-electron chi connectivity index (χ3n) is 3.23. The molecule has 3 rings (SSSR count). The zero-order valence-electron chi connectivity index (χ0n) is 9.92. The van der Waals surface area contributed by atoms with E-state index in [1.54, 1.807) is 0 Å². The lowest BCUT2D eigenvalue weighted by Gasteiger charge is -2.16. The number of imidazole rings is 1. The zero-order valence-corrected chi connectivity index (χ0v) is 9.92. The summed E-state index contributed by atoms with van der Waals surface area (Å²) >= 11 is 0. The van der Waals surface area contributed by atoms with Crippen molar-refractivity contribution in [3.63, 3.8) is 0 Å². The minimum absolute atomic E-state index is 0.110. The number of rotatable bonds is 2. The van der Waals surface area contributed by atoms with Gasteiger partial charge in [0.15, 0.2) is 17.7 Å². The number of fused-ring (bicyclic) bond motifs is 1. The van der Waals surface area contributed by atoms with Crippen molar-refractivity contribution in [3.05, 3.63) is 12.7 Å². The molecule has 6 N–H and O–H groups in total. The molecule has 3 heterocycles. The van der Waals surface area contributed by atoms with Gasteiger partial charge in [-0.2, -0.15) is 0 Å². The van der Waals surface area contributed by atoms with Gasteiger partial charge >= 0.3 is 0 Å². The minimum atomic E-state index is -1.11. The molecule has 9 heteroatoms. The first-order chi connectivity index (χ1) is 9.13. The molecule has 9 nitrogen and oxygen atoms in total. The fourth-order valence-corrected chi connectivity index (χ4v) is 2.21. The molecule has 2 aromatic heterocycles. The predicted octanol–water partition coefficient (Wildman–Crippen LogP) is -2.01. The first kappa shape index (κ1) is 12.2. The Labute approximate surface area is 107 Å². The molecule has 0 amide bonds. The summed E-state index contributed by atoms with van der Waals surface area (Å²) in [6.45, 7) is 0.110. The van der Waals surface area contributed by atoms with Crippen LogP contribution in [0.1, 0.15) is 6.23 Å². The molecule has 0 aliphatic carbocycles. The number of nitrogens with zero attached hydrogens (tertiary/aromatic N) is 4.